The van der Waals surface area contributed by atoms with Crippen LogP contribution in [0.15, 0.2) is 12.1 Å². The maximum absolute atomic E-state index is 12.2. The van der Waals surface area contributed by atoms with Gasteiger partial charge in [0.2, 0.25) is 0 Å². The summed E-state index contributed by atoms with van der Waals surface area (Å²) in [5.41, 5.74) is -0.902. The fraction of sp³-hybridized carbons (Fsp3) is 0.600. The number of rotatable bonds is 6. The number of thiophene rings is 1. The minimum absolute atomic E-state index is 0.152. The second-order valence-electron chi connectivity index (χ2n) is 8.74. The molecule has 0 unspecified atom stereocenters. The zero-order valence-electron chi connectivity index (χ0n) is 18.2. The molecule has 9 heteroatoms. The lowest BCUT2D eigenvalue weighted by atomic mass is 10.1. The fourth-order valence-corrected chi connectivity index (χ4v) is 2.82. The maximum Gasteiger partial charge on any atom is 0.349 e. The Labute approximate surface area is 175 Å². The van der Waals surface area contributed by atoms with E-state index in [2.05, 4.69) is 10.6 Å². The van der Waals surface area contributed by atoms with Crippen molar-refractivity contribution in [2.24, 2.45) is 0 Å². The molecule has 1 aromatic rings. The maximum atomic E-state index is 12.2. The van der Waals surface area contributed by atoms with Gasteiger partial charge in [-0.05, 0) is 67.5 Å². The molecule has 0 aromatic carbocycles. The van der Waals surface area contributed by atoms with Crippen LogP contribution in [0.25, 0.3) is 0 Å². The van der Waals surface area contributed by atoms with Gasteiger partial charge in [0.1, 0.15) is 9.75 Å². The van der Waals surface area contributed by atoms with E-state index in [0.717, 1.165) is 11.3 Å². The number of carbonyl (C=O) groups is 4. The molecule has 0 saturated heterocycles. The number of carbonyl (C=O) groups excluding carboxylic acids is 4. The van der Waals surface area contributed by atoms with Gasteiger partial charge in [0.15, 0.2) is 12.2 Å². The molecule has 29 heavy (non-hydrogen) atoms. The van der Waals surface area contributed by atoms with E-state index in [0.29, 0.717) is 0 Å². The van der Waals surface area contributed by atoms with E-state index in [1.165, 1.54) is 26.0 Å². The minimum Gasteiger partial charge on any atom is -0.448 e. The van der Waals surface area contributed by atoms with Gasteiger partial charge in [0.05, 0.1) is 0 Å². The van der Waals surface area contributed by atoms with E-state index in [-0.39, 0.29) is 9.75 Å². The third kappa shape index (κ3) is 8.64. The van der Waals surface area contributed by atoms with Crippen LogP contribution in [0.5, 0.6) is 0 Å². The topological polar surface area (TPSA) is 111 Å². The summed E-state index contributed by atoms with van der Waals surface area (Å²) in [5.74, 6) is -2.27. The molecule has 2 amide bonds. The predicted octanol–water partition coefficient (Wildman–Crippen LogP) is 2.67. The number of amides is 2. The van der Waals surface area contributed by atoms with Crippen LogP contribution in [0.2, 0.25) is 0 Å². The van der Waals surface area contributed by atoms with Crippen molar-refractivity contribution < 1.29 is 28.7 Å². The molecule has 0 bridgehead atoms. The molecule has 1 heterocycles. The van der Waals surface area contributed by atoms with Crippen molar-refractivity contribution in [2.45, 2.75) is 78.7 Å². The van der Waals surface area contributed by atoms with Gasteiger partial charge in [-0.15, -0.1) is 11.3 Å². The van der Waals surface area contributed by atoms with E-state index < -0.39 is 47.0 Å². The predicted molar refractivity (Wildman–Crippen MR) is 110 cm³/mol. The molecule has 0 radical (unpaired) electrons. The lowest BCUT2D eigenvalue weighted by Crippen LogP contribution is -2.46. The Bertz CT molecular complexity index is 710. The number of esters is 2. The fourth-order valence-electron chi connectivity index (χ4n) is 2.04. The number of nitrogens with one attached hydrogen (secondary N) is 2. The Morgan fingerprint density at radius 3 is 1.34 bits per heavy atom. The summed E-state index contributed by atoms with van der Waals surface area (Å²) < 4.78 is 10.3. The molecule has 0 aliphatic rings. The molecule has 162 valence electrons. The third-order valence-electron chi connectivity index (χ3n) is 3.31. The molecule has 8 nitrogen and oxygen atoms in total. The van der Waals surface area contributed by atoms with Gasteiger partial charge in [-0.2, -0.15) is 0 Å². The average Bonchev–Trinajstić information content (AvgIpc) is 3.01. The highest BCUT2D eigenvalue weighted by atomic mass is 32.1. The Morgan fingerprint density at radius 2 is 1.07 bits per heavy atom. The van der Waals surface area contributed by atoms with Crippen molar-refractivity contribution in [3.8, 4) is 0 Å². The monoisotopic (exact) mass is 426 g/mol. The van der Waals surface area contributed by atoms with Gasteiger partial charge in [-0.1, -0.05) is 0 Å². The summed E-state index contributed by atoms with van der Waals surface area (Å²) in [4.78, 5) is 48.8. The Hall–Kier alpha value is -2.42. The van der Waals surface area contributed by atoms with Crippen molar-refractivity contribution in [1.29, 1.82) is 0 Å². The van der Waals surface area contributed by atoms with Crippen molar-refractivity contribution in [3.63, 3.8) is 0 Å². The first-order chi connectivity index (χ1) is 13.1. The highest BCUT2D eigenvalue weighted by Crippen LogP contribution is 2.20. The molecule has 0 fully saturated rings. The molecular formula is C20H30N2O6S. The normalized spacial score (nSPS) is 13.8. The average molecular weight is 427 g/mol. The highest BCUT2D eigenvalue weighted by Gasteiger charge is 2.26. The van der Waals surface area contributed by atoms with E-state index in [4.69, 9.17) is 9.47 Å². The quantitative estimate of drug-likeness (QED) is 0.677. The van der Waals surface area contributed by atoms with Gasteiger partial charge in [0, 0.05) is 11.1 Å². The zero-order chi connectivity index (χ0) is 22.6. The summed E-state index contributed by atoms with van der Waals surface area (Å²) in [6.07, 6.45) is -1.97. The van der Waals surface area contributed by atoms with Gasteiger partial charge in [-0.25, -0.2) is 9.59 Å². The van der Waals surface area contributed by atoms with Gasteiger partial charge < -0.3 is 20.1 Å². The van der Waals surface area contributed by atoms with Crippen LogP contribution in [-0.2, 0) is 19.1 Å². The van der Waals surface area contributed by atoms with Crippen LogP contribution in [0.1, 0.15) is 74.7 Å². The number of hydrogen-bond acceptors (Lipinski definition) is 7. The Balaban J connectivity index is 2.69. The van der Waals surface area contributed by atoms with Crippen LogP contribution in [0.4, 0.5) is 0 Å². The molecule has 0 saturated carbocycles. The number of hydrogen-bond donors (Lipinski definition) is 2. The molecule has 0 spiro atoms. The second-order valence-corrected chi connectivity index (χ2v) is 9.82. The van der Waals surface area contributed by atoms with E-state index >= 15 is 0 Å². The highest BCUT2D eigenvalue weighted by molar-refractivity contribution is 7.15. The Morgan fingerprint density at radius 1 is 0.759 bits per heavy atom. The lowest BCUT2D eigenvalue weighted by molar-refractivity contribution is -0.131. The molecule has 1 aromatic heterocycles. The van der Waals surface area contributed by atoms with Crippen LogP contribution in [0, 0.1) is 0 Å². The molecular weight excluding hydrogens is 396 g/mol. The first-order valence-corrected chi connectivity index (χ1v) is 10.1. The molecule has 0 aliphatic heterocycles. The van der Waals surface area contributed by atoms with E-state index in [9.17, 15) is 19.2 Å². The smallest absolute Gasteiger partial charge is 0.349 e. The minimum atomic E-state index is -0.986. The first kappa shape index (κ1) is 24.6. The molecule has 2 atom stereocenters. The largest absolute Gasteiger partial charge is 0.448 e. The zero-order valence-corrected chi connectivity index (χ0v) is 19.0. The second kappa shape index (κ2) is 9.39. The number of ether oxygens (including phenoxy) is 2. The van der Waals surface area contributed by atoms with Crippen LogP contribution in [-0.4, -0.2) is 47.0 Å². The summed E-state index contributed by atoms with van der Waals surface area (Å²) in [5, 5.41) is 5.45. The molecule has 0 aliphatic carbocycles. The van der Waals surface area contributed by atoms with Gasteiger partial charge in [-0.3, -0.25) is 9.59 Å². The summed E-state index contributed by atoms with van der Waals surface area (Å²) in [7, 11) is 0. The van der Waals surface area contributed by atoms with Crippen LogP contribution in [0.3, 0.4) is 0 Å². The van der Waals surface area contributed by atoms with E-state index in [1.807, 2.05) is 41.5 Å². The van der Waals surface area contributed by atoms with Crippen molar-refractivity contribution in [3.05, 3.63) is 21.9 Å². The summed E-state index contributed by atoms with van der Waals surface area (Å²) in [6.45, 7) is 13.9. The molecule has 1 rings (SSSR count). The summed E-state index contributed by atoms with van der Waals surface area (Å²) in [6, 6.07) is 2.83. The van der Waals surface area contributed by atoms with Crippen molar-refractivity contribution in [1.82, 2.24) is 10.6 Å². The standard InChI is InChI=1S/C20H30N2O6S/c1-11(15(23)21-19(3,4)5)27-17(25)13-9-10-14(29-13)18(26)28-12(2)16(24)22-20(6,7)8/h9-12H,1-8H3,(H,21,23)(H,22,24)/t11-,12-/m1/s1. The molecule has 2 N–H and O–H groups in total. The van der Waals surface area contributed by atoms with Crippen molar-refractivity contribution >= 4 is 35.1 Å². The lowest BCUT2D eigenvalue weighted by Gasteiger charge is -2.23. The van der Waals surface area contributed by atoms with Crippen LogP contribution < -0.4 is 10.6 Å². The van der Waals surface area contributed by atoms with Gasteiger partial charge in [0.25, 0.3) is 11.8 Å². The summed E-state index contributed by atoms with van der Waals surface area (Å²) >= 11 is 0.870. The Kier molecular flexibility index (Phi) is 7.97. The van der Waals surface area contributed by atoms with Crippen LogP contribution >= 0.6 is 11.3 Å². The van der Waals surface area contributed by atoms with Gasteiger partial charge >= 0.3 is 11.9 Å². The SMILES string of the molecule is C[C@@H](OC(=O)c1ccc(C(=O)O[C@H](C)C(=O)NC(C)(C)C)s1)C(=O)NC(C)(C)C. The van der Waals surface area contributed by atoms with Crippen molar-refractivity contribution in [2.75, 3.05) is 0 Å². The first-order valence-electron chi connectivity index (χ1n) is 9.25. The van der Waals surface area contributed by atoms with E-state index in [1.54, 1.807) is 0 Å². The third-order valence-corrected chi connectivity index (χ3v) is 4.36.